The van der Waals surface area contributed by atoms with Crippen LogP contribution in [0.5, 0.6) is 17.2 Å². The standard InChI is InChI=1S/C25H26O14/c1-9-19(32)17-14(30)6-7-15(31)18(17)20(33)21(9)39-25-24(37-13(5)29)23(36-12(4)28)22(35-11(3)27)16(38-25)8-34-10(2)26/h6-7,16,22-25,32-33H,8H2,1-5H3/t16-,22-,23+,24-,25-/m1/s1. The number of ether oxygens (including phenoxy) is 6. The van der Waals surface area contributed by atoms with Crippen LogP contribution in [0.3, 0.4) is 0 Å². The van der Waals surface area contributed by atoms with E-state index in [0.717, 1.165) is 39.8 Å². The number of fused-ring (bicyclic) bond motifs is 1. The number of rotatable bonds is 7. The second-order valence-electron chi connectivity index (χ2n) is 8.65. The maximum atomic E-state index is 12.5. The molecule has 1 aromatic carbocycles. The number of hydrogen-bond donors (Lipinski definition) is 2. The van der Waals surface area contributed by atoms with Crippen molar-refractivity contribution < 1.29 is 67.4 Å². The maximum absolute atomic E-state index is 12.5. The van der Waals surface area contributed by atoms with Crippen molar-refractivity contribution >= 4 is 35.4 Å². The van der Waals surface area contributed by atoms with E-state index in [1.54, 1.807) is 0 Å². The minimum Gasteiger partial charge on any atom is -0.507 e. The predicted molar refractivity (Wildman–Crippen MR) is 125 cm³/mol. The highest BCUT2D eigenvalue weighted by Gasteiger charge is 2.53. The SMILES string of the molecule is CC(=O)OC[C@H]1O[C@H](Oc2c(C)c(O)c3c(c2O)C(=O)C=CC3=O)[C@H](OC(C)=O)[C@@H](OC(C)=O)[C@@H]1OC(C)=O. The van der Waals surface area contributed by atoms with Gasteiger partial charge in [0.25, 0.3) is 0 Å². The van der Waals surface area contributed by atoms with Crippen molar-refractivity contribution in [3.63, 3.8) is 0 Å². The summed E-state index contributed by atoms with van der Waals surface area (Å²) in [7, 11) is 0. The number of phenols is 2. The smallest absolute Gasteiger partial charge is 0.303 e. The Hall–Kier alpha value is -4.46. The van der Waals surface area contributed by atoms with Crippen molar-refractivity contribution in [3.8, 4) is 17.2 Å². The summed E-state index contributed by atoms with van der Waals surface area (Å²) in [5.74, 6) is -6.88. The monoisotopic (exact) mass is 550 g/mol. The van der Waals surface area contributed by atoms with E-state index < -0.39 is 101 Å². The molecule has 0 bridgehead atoms. The second kappa shape index (κ2) is 11.5. The van der Waals surface area contributed by atoms with Crippen molar-refractivity contribution in [2.45, 2.75) is 65.3 Å². The van der Waals surface area contributed by atoms with Gasteiger partial charge in [-0.25, -0.2) is 0 Å². The van der Waals surface area contributed by atoms with Crippen LogP contribution in [-0.2, 0) is 42.9 Å². The first kappa shape index (κ1) is 29.1. The minimum absolute atomic E-state index is 0.185. The number of allylic oxidation sites excluding steroid dienone is 2. The summed E-state index contributed by atoms with van der Waals surface area (Å²) in [5.41, 5.74) is -1.16. The van der Waals surface area contributed by atoms with Crippen LogP contribution in [0.15, 0.2) is 12.2 Å². The summed E-state index contributed by atoms with van der Waals surface area (Å²) in [6, 6.07) is 0. The first-order valence-electron chi connectivity index (χ1n) is 11.5. The van der Waals surface area contributed by atoms with Gasteiger partial charge in [-0.2, -0.15) is 0 Å². The Morgan fingerprint density at radius 3 is 1.77 bits per heavy atom. The molecule has 39 heavy (non-hydrogen) atoms. The molecule has 1 saturated heterocycles. The molecule has 2 aliphatic rings. The van der Waals surface area contributed by atoms with Gasteiger partial charge in [-0.1, -0.05) is 0 Å². The molecule has 0 spiro atoms. The van der Waals surface area contributed by atoms with E-state index in [2.05, 4.69) is 0 Å². The van der Waals surface area contributed by atoms with Gasteiger partial charge in [0.05, 0.1) is 11.1 Å². The number of carbonyl (C=O) groups is 6. The van der Waals surface area contributed by atoms with E-state index in [4.69, 9.17) is 28.4 Å². The van der Waals surface area contributed by atoms with E-state index >= 15 is 0 Å². The van der Waals surface area contributed by atoms with E-state index in [-0.39, 0.29) is 5.56 Å². The molecule has 1 fully saturated rings. The Morgan fingerprint density at radius 2 is 1.26 bits per heavy atom. The molecule has 14 nitrogen and oxygen atoms in total. The van der Waals surface area contributed by atoms with E-state index in [1.807, 2.05) is 0 Å². The Labute approximate surface area is 221 Å². The molecule has 0 saturated carbocycles. The molecule has 1 aliphatic carbocycles. The lowest BCUT2D eigenvalue weighted by Crippen LogP contribution is -2.63. The van der Waals surface area contributed by atoms with Crippen molar-refractivity contribution in [1.29, 1.82) is 0 Å². The van der Waals surface area contributed by atoms with Crippen LogP contribution in [0, 0.1) is 6.92 Å². The third kappa shape index (κ3) is 6.17. The molecule has 3 rings (SSSR count). The molecule has 1 heterocycles. The fraction of sp³-hybridized carbons (Fsp3) is 0.440. The third-order valence-corrected chi connectivity index (χ3v) is 5.70. The summed E-state index contributed by atoms with van der Waals surface area (Å²) in [4.78, 5) is 72.1. The van der Waals surface area contributed by atoms with Gasteiger partial charge >= 0.3 is 23.9 Å². The lowest BCUT2D eigenvalue weighted by molar-refractivity contribution is -0.288. The average Bonchev–Trinajstić information content (AvgIpc) is 2.83. The van der Waals surface area contributed by atoms with Crippen LogP contribution in [0.1, 0.15) is 54.0 Å². The van der Waals surface area contributed by atoms with Crippen LogP contribution in [0.4, 0.5) is 0 Å². The maximum Gasteiger partial charge on any atom is 0.303 e. The minimum atomic E-state index is -1.75. The van der Waals surface area contributed by atoms with Crippen LogP contribution in [0.25, 0.3) is 0 Å². The molecule has 1 aliphatic heterocycles. The van der Waals surface area contributed by atoms with Gasteiger partial charge in [0.1, 0.15) is 18.5 Å². The topological polar surface area (TPSA) is 198 Å². The zero-order valence-electron chi connectivity index (χ0n) is 21.5. The molecule has 210 valence electrons. The van der Waals surface area contributed by atoms with Gasteiger partial charge in [0.2, 0.25) is 12.4 Å². The Bertz CT molecular complexity index is 1260. The quantitative estimate of drug-likeness (QED) is 0.274. The average molecular weight is 550 g/mol. The van der Waals surface area contributed by atoms with Crippen molar-refractivity contribution in [3.05, 3.63) is 28.8 Å². The van der Waals surface area contributed by atoms with E-state index in [0.29, 0.717) is 0 Å². The highest BCUT2D eigenvalue weighted by Crippen LogP contribution is 2.45. The van der Waals surface area contributed by atoms with Crippen molar-refractivity contribution in [2.24, 2.45) is 0 Å². The fourth-order valence-corrected chi connectivity index (χ4v) is 4.16. The van der Waals surface area contributed by atoms with Crippen LogP contribution in [-0.4, -0.2) is 83.0 Å². The molecule has 1 aromatic rings. The number of benzene rings is 1. The summed E-state index contributed by atoms with van der Waals surface area (Å²) >= 11 is 0. The normalized spacial score (nSPS) is 23.9. The molecule has 5 atom stereocenters. The van der Waals surface area contributed by atoms with E-state index in [9.17, 15) is 39.0 Å². The summed E-state index contributed by atoms with van der Waals surface area (Å²) < 4.78 is 32.5. The largest absolute Gasteiger partial charge is 0.507 e. The Kier molecular flexibility index (Phi) is 8.59. The molecule has 0 aromatic heterocycles. The Morgan fingerprint density at radius 1 is 0.769 bits per heavy atom. The lowest BCUT2D eigenvalue weighted by Gasteiger charge is -2.44. The fourth-order valence-electron chi connectivity index (χ4n) is 4.16. The summed E-state index contributed by atoms with van der Waals surface area (Å²) in [5, 5.41) is 21.6. The number of carbonyl (C=O) groups excluding carboxylic acids is 6. The second-order valence-corrected chi connectivity index (χ2v) is 8.65. The van der Waals surface area contributed by atoms with Gasteiger partial charge in [0.15, 0.2) is 35.3 Å². The molecule has 0 radical (unpaired) electrons. The highest BCUT2D eigenvalue weighted by molar-refractivity contribution is 6.24. The van der Waals surface area contributed by atoms with E-state index in [1.165, 1.54) is 6.92 Å². The summed E-state index contributed by atoms with van der Waals surface area (Å²) in [6.45, 7) is 4.96. The van der Waals surface area contributed by atoms with Gasteiger partial charge in [0, 0.05) is 33.3 Å². The number of phenolic OH excluding ortho intramolecular Hbond substituents is 2. The predicted octanol–water partition coefficient (Wildman–Crippen LogP) is 0.803. The van der Waals surface area contributed by atoms with Gasteiger partial charge in [-0.15, -0.1) is 0 Å². The first-order chi connectivity index (χ1) is 18.2. The zero-order chi connectivity index (χ0) is 29.2. The zero-order valence-corrected chi connectivity index (χ0v) is 21.5. The number of aromatic hydroxyl groups is 2. The third-order valence-electron chi connectivity index (χ3n) is 5.70. The molecular formula is C25H26O14. The van der Waals surface area contributed by atoms with Crippen molar-refractivity contribution in [2.75, 3.05) is 6.61 Å². The highest BCUT2D eigenvalue weighted by atomic mass is 16.7. The summed E-state index contributed by atoms with van der Waals surface area (Å²) in [6.07, 6.45) is -5.92. The van der Waals surface area contributed by atoms with Gasteiger partial charge in [-0.3, -0.25) is 28.8 Å². The van der Waals surface area contributed by atoms with Crippen LogP contribution < -0.4 is 4.74 Å². The van der Waals surface area contributed by atoms with Crippen LogP contribution in [0.2, 0.25) is 0 Å². The molecule has 0 amide bonds. The van der Waals surface area contributed by atoms with Gasteiger partial charge in [-0.05, 0) is 19.1 Å². The lowest BCUT2D eigenvalue weighted by atomic mass is 9.90. The van der Waals surface area contributed by atoms with Crippen LogP contribution >= 0.6 is 0 Å². The molecule has 14 heteroatoms. The Balaban J connectivity index is 2.14. The molecule has 0 unspecified atom stereocenters. The molecular weight excluding hydrogens is 524 g/mol. The molecule has 2 N–H and O–H groups in total. The number of esters is 4. The number of ketones is 2. The van der Waals surface area contributed by atoms with Crippen molar-refractivity contribution in [1.82, 2.24) is 0 Å². The number of hydrogen-bond acceptors (Lipinski definition) is 14. The van der Waals surface area contributed by atoms with Gasteiger partial charge < -0.3 is 38.6 Å². The first-order valence-corrected chi connectivity index (χ1v) is 11.5.